The van der Waals surface area contributed by atoms with Gasteiger partial charge in [-0.05, 0) is 37.1 Å². The summed E-state index contributed by atoms with van der Waals surface area (Å²) in [6, 6.07) is 12.9. The van der Waals surface area contributed by atoms with Crippen molar-refractivity contribution in [2.75, 3.05) is 0 Å². The summed E-state index contributed by atoms with van der Waals surface area (Å²) >= 11 is 0. The standard InChI is InChI=1S/C18H21N3O2/c1-3-7-13(4-2)23-14-10-11-17(18(22)12-14)21-19-15-8-5-6-9-16(15)20-21/h5-6,8-13,22H,3-4,7H2,1-2H3/t13-/m1/s1. The fourth-order valence-electron chi connectivity index (χ4n) is 2.57. The molecule has 120 valence electrons. The van der Waals surface area contributed by atoms with Crippen LogP contribution in [0, 0.1) is 0 Å². The van der Waals surface area contributed by atoms with Crippen molar-refractivity contribution in [2.45, 2.75) is 39.2 Å². The molecule has 3 aromatic rings. The zero-order valence-corrected chi connectivity index (χ0v) is 13.4. The minimum absolute atomic E-state index is 0.106. The Hall–Kier alpha value is -2.56. The fourth-order valence-corrected chi connectivity index (χ4v) is 2.57. The maximum atomic E-state index is 10.3. The minimum atomic E-state index is 0.106. The molecule has 0 unspecified atom stereocenters. The lowest BCUT2D eigenvalue weighted by atomic mass is 10.1. The second-order valence-electron chi connectivity index (χ2n) is 5.57. The van der Waals surface area contributed by atoms with E-state index in [2.05, 4.69) is 24.0 Å². The molecule has 3 rings (SSSR count). The number of phenolic OH excluding ortho intramolecular Hbond substituents is 1. The van der Waals surface area contributed by atoms with E-state index in [1.165, 1.54) is 4.80 Å². The third-order valence-electron chi connectivity index (χ3n) is 3.82. The van der Waals surface area contributed by atoms with E-state index in [4.69, 9.17) is 4.74 Å². The molecule has 0 aliphatic heterocycles. The molecule has 1 atom stereocenters. The number of rotatable bonds is 6. The molecule has 5 nitrogen and oxygen atoms in total. The van der Waals surface area contributed by atoms with Crippen LogP contribution >= 0.6 is 0 Å². The first-order valence-electron chi connectivity index (χ1n) is 8.03. The van der Waals surface area contributed by atoms with Crippen LogP contribution in [0.1, 0.15) is 33.1 Å². The van der Waals surface area contributed by atoms with Crippen LogP contribution in [0.15, 0.2) is 42.5 Å². The van der Waals surface area contributed by atoms with E-state index in [9.17, 15) is 5.11 Å². The Labute approximate surface area is 135 Å². The number of phenols is 1. The van der Waals surface area contributed by atoms with E-state index >= 15 is 0 Å². The van der Waals surface area contributed by atoms with Gasteiger partial charge in [0.25, 0.3) is 0 Å². The van der Waals surface area contributed by atoms with Crippen LogP contribution in [0.5, 0.6) is 11.5 Å². The van der Waals surface area contributed by atoms with Crippen molar-refractivity contribution in [3.05, 3.63) is 42.5 Å². The number of hydrogen-bond donors (Lipinski definition) is 1. The van der Waals surface area contributed by atoms with Crippen LogP contribution in [0.2, 0.25) is 0 Å². The van der Waals surface area contributed by atoms with E-state index in [-0.39, 0.29) is 11.9 Å². The third-order valence-corrected chi connectivity index (χ3v) is 3.82. The molecule has 0 fully saturated rings. The Kier molecular flexibility index (Phi) is 4.46. The number of ether oxygens (including phenoxy) is 1. The summed E-state index contributed by atoms with van der Waals surface area (Å²) < 4.78 is 5.92. The molecule has 0 aliphatic rings. The smallest absolute Gasteiger partial charge is 0.146 e. The summed E-state index contributed by atoms with van der Waals surface area (Å²) in [4.78, 5) is 1.45. The molecular formula is C18H21N3O2. The molecule has 1 heterocycles. The lowest BCUT2D eigenvalue weighted by Crippen LogP contribution is -2.14. The summed E-state index contributed by atoms with van der Waals surface area (Å²) in [7, 11) is 0. The van der Waals surface area contributed by atoms with E-state index in [0.717, 1.165) is 30.3 Å². The van der Waals surface area contributed by atoms with Crippen molar-refractivity contribution < 1.29 is 9.84 Å². The number of nitrogens with zero attached hydrogens (tertiary/aromatic N) is 3. The van der Waals surface area contributed by atoms with Crippen molar-refractivity contribution in [1.29, 1.82) is 0 Å². The first kappa shape index (κ1) is 15.3. The Morgan fingerprint density at radius 2 is 1.78 bits per heavy atom. The summed E-state index contributed by atoms with van der Waals surface area (Å²) in [5.41, 5.74) is 2.12. The second kappa shape index (κ2) is 6.69. The molecule has 0 saturated heterocycles. The summed E-state index contributed by atoms with van der Waals surface area (Å²) in [6.07, 6.45) is 3.20. The van der Waals surface area contributed by atoms with Gasteiger partial charge < -0.3 is 9.84 Å². The highest BCUT2D eigenvalue weighted by molar-refractivity contribution is 5.73. The molecule has 2 aromatic carbocycles. The monoisotopic (exact) mass is 311 g/mol. The average molecular weight is 311 g/mol. The molecule has 0 radical (unpaired) electrons. The number of fused-ring (bicyclic) bond motifs is 1. The highest BCUT2D eigenvalue weighted by atomic mass is 16.5. The van der Waals surface area contributed by atoms with Crippen LogP contribution in [-0.4, -0.2) is 26.2 Å². The molecule has 23 heavy (non-hydrogen) atoms. The Morgan fingerprint density at radius 1 is 1.09 bits per heavy atom. The molecule has 5 heteroatoms. The largest absolute Gasteiger partial charge is 0.505 e. The van der Waals surface area contributed by atoms with E-state index < -0.39 is 0 Å². The highest BCUT2D eigenvalue weighted by Gasteiger charge is 2.12. The number of hydrogen-bond acceptors (Lipinski definition) is 4. The van der Waals surface area contributed by atoms with Gasteiger partial charge in [-0.15, -0.1) is 15.0 Å². The number of aromatic hydroxyl groups is 1. The molecule has 0 amide bonds. The quantitative estimate of drug-likeness (QED) is 0.745. The molecule has 0 spiro atoms. The second-order valence-corrected chi connectivity index (χ2v) is 5.57. The SMILES string of the molecule is CCC[C@@H](CC)Oc1ccc(-n2nc3ccccc3n2)c(O)c1. The van der Waals surface area contributed by atoms with E-state index in [1.807, 2.05) is 30.3 Å². The Balaban J connectivity index is 1.86. The first-order chi connectivity index (χ1) is 11.2. The van der Waals surface area contributed by atoms with Crippen molar-refractivity contribution in [2.24, 2.45) is 0 Å². The average Bonchev–Trinajstić information content (AvgIpc) is 2.98. The normalized spacial score (nSPS) is 12.4. The van der Waals surface area contributed by atoms with Crippen LogP contribution in [0.3, 0.4) is 0 Å². The zero-order chi connectivity index (χ0) is 16.2. The van der Waals surface area contributed by atoms with Crippen LogP contribution in [-0.2, 0) is 0 Å². The van der Waals surface area contributed by atoms with Gasteiger partial charge in [0.05, 0.1) is 6.10 Å². The third kappa shape index (κ3) is 3.28. The lowest BCUT2D eigenvalue weighted by molar-refractivity contribution is 0.185. The Bertz CT molecular complexity index is 765. The van der Waals surface area contributed by atoms with Gasteiger partial charge in [0.2, 0.25) is 0 Å². The van der Waals surface area contributed by atoms with Crippen molar-refractivity contribution in [1.82, 2.24) is 15.0 Å². The zero-order valence-electron chi connectivity index (χ0n) is 13.4. The van der Waals surface area contributed by atoms with Gasteiger partial charge in [0, 0.05) is 6.07 Å². The van der Waals surface area contributed by atoms with Crippen molar-refractivity contribution >= 4 is 11.0 Å². The maximum absolute atomic E-state index is 10.3. The van der Waals surface area contributed by atoms with Gasteiger partial charge in [0.1, 0.15) is 28.2 Å². The summed E-state index contributed by atoms with van der Waals surface area (Å²) in [6.45, 7) is 4.24. The maximum Gasteiger partial charge on any atom is 0.146 e. The van der Waals surface area contributed by atoms with Gasteiger partial charge in [-0.25, -0.2) is 0 Å². The summed E-state index contributed by atoms with van der Waals surface area (Å²) in [5, 5.41) is 19.1. The molecule has 0 aliphatic carbocycles. The van der Waals surface area contributed by atoms with E-state index in [0.29, 0.717) is 11.4 Å². The van der Waals surface area contributed by atoms with Crippen molar-refractivity contribution in [3.8, 4) is 17.2 Å². The van der Waals surface area contributed by atoms with Gasteiger partial charge in [-0.2, -0.15) is 0 Å². The number of aromatic nitrogens is 3. The van der Waals surface area contributed by atoms with Gasteiger partial charge in [-0.3, -0.25) is 0 Å². The van der Waals surface area contributed by atoms with Crippen LogP contribution < -0.4 is 4.74 Å². The fraction of sp³-hybridized carbons (Fsp3) is 0.333. The Morgan fingerprint density at radius 3 is 2.35 bits per heavy atom. The molecular weight excluding hydrogens is 290 g/mol. The van der Waals surface area contributed by atoms with Crippen LogP contribution in [0.4, 0.5) is 0 Å². The van der Waals surface area contributed by atoms with Gasteiger partial charge in [0.15, 0.2) is 0 Å². The van der Waals surface area contributed by atoms with E-state index in [1.54, 1.807) is 12.1 Å². The molecule has 0 saturated carbocycles. The predicted molar refractivity (Wildman–Crippen MR) is 90.1 cm³/mol. The van der Waals surface area contributed by atoms with Crippen molar-refractivity contribution in [3.63, 3.8) is 0 Å². The summed E-state index contributed by atoms with van der Waals surface area (Å²) in [5.74, 6) is 0.775. The molecule has 1 aromatic heterocycles. The lowest BCUT2D eigenvalue weighted by Gasteiger charge is -2.17. The van der Waals surface area contributed by atoms with Gasteiger partial charge >= 0.3 is 0 Å². The highest BCUT2D eigenvalue weighted by Crippen LogP contribution is 2.28. The van der Waals surface area contributed by atoms with Gasteiger partial charge in [-0.1, -0.05) is 32.4 Å². The molecule has 0 bridgehead atoms. The topological polar surface area (TPSA) is 60.2 Å². The number of benzene rings is 2. The first-order valence-corrected chi connectivity index (χ1v) is 8.03. The molecule has 1 N–H and O–H groups in total. The predicted octanol–water partition coefficient (Wildman–Crippen LogP) is 4.08. The minimum Gasteiger partial charge on any atom is -0.505 e. The van der Waals surface area contributed by atoms with Crippen LogP contribution in [0.25, 0.3) is 16.7 Å².